The van der Waals surface area contributed by atoms with Crippen LogP contribution in [0.2, 0.25) is 0 Å². The van der Waals surface area contributed by atoms with Crippen LogP contribution in [-0.2, 0) is 24.0 Å². The quantitative estimate of drug-likeness (QED) is 0.263. The lowest BCUT2D eigenvalue weighted by Gasteiger charge is -2.28. The van der Waals surface area contributed by atoms with E-state index in [9.17, 15) is 29.1 Å². The number of nitrogens with zero attached hydrogens (tertiary/aromatic N) is 1. The molecule has 1 saturated heterocycles. The Labute approximate surface area is 172 Å². The number of aliphatic carboxylic acids is 2. The van der Waals surface area contributed by atoms with E-state index in [2.05, 4.69) is 10.6 Å². The second kappa shape index (κ2) is 11.6. The van der Waals surface area contributed by atoms with Crippen LogP contribution in [0.3, 0.4) is 0 Å². The fourth-order valence-electron chi connectivity index (χ4n) is 2.98. The molecule has 4 unspecified atom stereocenters. The smallest absolute Gasteiger partial charge is 0.326 e. The lowest BCUT2D eigenvalue weighted by Crippen LogP contribution is -2.56. The van der Waals surface area contributed by atoms with Gasteiger partial charge in [-0.2, -0.15) is 11.8 Å². The molecule has 1 aliphatic heterocycles. The van der Waals surface area contributed by atoms with Crippen molar-refractivity contribution < 1.29 is 34.2 Å². The van der Waals surface area contributed by atoms with Gasteiger partial charge in [-0.3, -0.25) is 19.2 Å². The summed E-state index contributed by atoms with van der Waals surface area (Å²) in [6.45, 7) is 1.71. The van der Waals surface area contributed by atoms with Crippen molar-refractivity contribution in [1.82, 2.24) is 15.5 Å². The first-order chi connectivity index (χ1) is 13.6. The highest BCUT2D eigenvalue weighted by Crippen LogP contribution is 2.19. The van der Waals surface area contributed by atoms with E-state index in [-0.39, 0.29) is 6.42 Å². The van der Waals surface area contributed by atoms with E-state index in [4.69, 9.17) is 10.8 Å². The average molecular weight is 432 g/mol. The van der Waals surface area contributed by atoms with Crippen LogP contribution in [0.25, 0.3) is 0 Å². The topological polar surface area (TPSA) is 179 Å². The van der Waals surface area contributed by atoms with Crippen molar-refractivity contribution in [3.63, 3.8) is 0 Å². The number of nitrogens with one attached hydrogen (secondary N) is 2. The van der Waals surface area contributed by atoms with Crippen LogP contribution < -0.4 is 16.4 Å². The van der Waals surface area contributed by atoms with Crippen molar-refractivity contribution >= 4 is 41.4 Å². The second-order valence-corrected chi connectivity index (χ2v) is 7.79. The van der Waals surface area contributed by atoms with Gasteiger partial charge in [0, 0.05) is 6.54 Å². The van der Waals surface area contributed by atoms with Gasteiger partial charge in [0.15, 0.2) is 0 Å². The van der Waals surface area contributed by atoms with Gasteiger partial charge in [-0.1, -0.05) is 0 Å². The predicted molar refractivity (Wildman–Crippen MR) is 105 cm³/mol. The van der Waals surface area contributed by atoms with Crippen molar-refractivity contribution in [3.05, 3.63) is 0 Å². The van der Waals surface area contributed by atoms with E-state index in [1.54, 1.807) is 0 Å². The predicted octanol–water partition coefficient (Wildman–Crippen LogP) is -1.39. The first kappa shape index (κ1) is 24.7. The molecule has 3 amide bonds. The van der Waals surface area contributed by atoms with E-state index in [0.717, 1.165) is 0 Å². The SMILES string of the molecule is CSCCC(NC(=O)C1CCCN1C(=O)C(C)NC(=O)C(N)CC(=O)O)C(=O)O. The molecule has 0 saturated carbocycles. The van der Waals surface area contributed by atoms with Crippen LogP contribution in [0.4, 0.5) is 0 Å². The number of amides is 3. The molecule has 1 fully saturated rings. The van der Waals surface area contributed by atoms with Crippen LogP contribution in [0, 0.1) is 0 Å². The normalized spacial score (nSPS) is 19.1. The van der Waals surface area contributed by atoms with Gasteiger partial charge in [-0.15, -0.1) is 0 Å². The number of hydrogen-bond donors (Lipinski definition) is 5. The summed E-state index contributed by atoms with van der Waals surface area (Å²) < 4.78 is 0. The van der Waals surface area contributed by atoms with E-state index in [0.29, 0.717) is 25.1 Å². The molecule has 6 N–H and O–H groups in total. The highest BCUT2D eigenvalue weighted by atomic mass is 32.2. The van der Waals surface area contributed by atoms with Crippen LogP contribution >= 0.6 is 11.8 Å². The maximum absolute atomic E-state index is 12.7. The van der Waals surface area contributed by atoms with Crippen molar-refractivity contribution in [3.8, 4) is 0 Å². The number of likely N-dealkylation sites (tertiary alicyclic amines) is 1. The van der Waals surface area contributed by atoms with Crippen molar-refractivity contribution in [2.75, 3.05) is 18.6 Å². The molecule has 4 atom stereocenters. The fraction of sp³-hybridized carbons (Fsp3) is 0.706. The lowest BCUT2D eigenvalue weighted by molar-refractivity contribution is -0.144. The number of carbonyl (C=O) groups excluding carboxylic acids is 3. The summed E-state index contributed by atoms with van der Waals surface area (Å²) in [4.78, 5) is 60.5. The molecule has 12 heteroatoms. The molecule has 0 bridgehead atoms. The number of hydrogen-bond acceptors (Lipinski definition) is 7. The number of carboxylic acids is 2. The standard InChI is InChI=1S/C17H28N4O7S/c1-9(19-14(24)10(18)8-13(22)23)16(26)21-6-3-4-12(21)15(25)20-11(17(27)28)5-7-29-2/h9-12H,3-8,18H2,1-2H3,(H,19,24)(H,20,25)(H,22,23)(H,27,28). The number of carbonyl (C=O) groups is 5. The Kier molecular flexibility index (Phi) is 9.89. The molecule has 29 heavy (non-hydrogen) atoms. The Morgan fingerprint density at radius 1 is 1.21 bits per heavy atom. The lowest BCUT2D eigenvalue weighted by atomic mass is 10.1. The first-order valence-corrected chi connectivity index (χ1v) is 10.6. The Morgan fingerprint density at radius 2 is 1.86 bits per heavy atom. The summed E-state index contributed by atoms with van der Waals surface area (Å²) in [5.74, 6) is -3.67. The summed E-state index contributed by atoms with van der Waals surface area (Å²) >= 11 is 1.46. The highest BCUT2D eigenvalue weighted by Gasteiger charge is 2.37. The van der Waals surface area contributed by atoms with Crippen LogP contribution in [-0.4, -0.2) is 87.5 Å². The maximum atomic E-state index is 12.7. The van der Waals surface area contributed by atoms with Crippen molar-refractivity contribution in [1.29, 1.82) is 0 Å². The van der Waals surface area contributed by atoms with Gasteiger partial charge in [-0.25, -0.2) is 4.79 Å². The first-order valence-electron chi connectivity index (χ1n) is 9.18. The van der Waals surface area contributed by atoms with Crippen LogP contribution in [0.15, 0.2) is 0 Å². The third-order valence-electron chi connectivity index (χ3n) is 4.52. The third-order valence-corrected chi connectivity index (χ3v) is 5.17. The molecular weight excluding hydrogens is 404 g/mol. The molecule has 0 aromatic rings. The molecule has 0 spiro atoms. The molecule has 0 aromatic heterocycles. The number of nitrogens with two attached hydrogens (primary N) is 1. The third kappa shape index (κ3) is 7.54. The zero-order valence-electron chi connectivity index (χ0n) is 16.4. The van der Waals surface area contributed by atoms with E-state index < -0.39 is 60.2 Å². The molecule has 164 valence electrons. The minimum Gasteiger partial charge on any atom is -0.481 e. The monoisotopic (exact) mass is 432 g/mol. The van der Waals surface area contributed by atoms with E-state index >= 15 is 0 Å². The van der Waals surface area contributed by atoms with Crippen molar-refractivity contribution in [2.24, 2.45) is 5.73 Å². The molecule has 1 heterocycles. The number of thioether (sulfide) groups is 1. The number of rotatable bonds is 11. The summed E-state index contributed by atoms with van der Waals surface area (Å²) in [5, 5.41) is 22.8. The zero-order chi connectivity index (χ0) is 22.1. The van der Waals surface area contributed by atoms with Gasteiger partial charge in [-0.05, 0) is 38.2 Å². The van der Waals surface area contributed by atoms with Gasteiger partial charge in [0.1, 0.15) is 18.1 Å². The number of carboxylic acid groups (broad SMARTS) is 2. The van der Waals surface area contributed by atoms with Gasteiger partial charge < -0.3 is 31.5 Å². The molecule has 11 nitrogen and oxygen atoms in total. The van der Waals surface area contributed by atoms with Gasteiger partial charge in [0.05, 0.1) is 12.5 Å². The van der Waals surface area contributed by atoms with Crippen LogP contribution in [0.5, 0.6) is 0 Å². The summed E-state index contributed by atoms with van der Waals surface area (Å²) in [6.07, 6.45) is 2.46. The molecular formula is C17H28N4O7S. The van der Waals surface area contributed by atoms with E-state index in [1.165, 1.54) is 23.6 Å². The molecule has 1 aliphatic rings. The van der Waals surface area contributed by atoms with Gasteiger partial charge in [0.25, 0.3) is 0 Å². The van der Waals surface area contributed by atoms with Crippen LogP contribution in [0.1, 0.15) is 32.6 Å². The Balaban J connectivity index is 2.72. The molecule has 0 radical (unpaired) electrons. The Hall–Kier alpha value is -2.34. The molecule has 0 aromatic carbocycles. The molecule has 1 rings (SSSR count). The van der Waals surface area contributed by atoms with Gasteiger partial charge >= 0.3 is 11.9 Å². The minimum absolute atomic E-state index is 0.261. The Morgan fingerprint density at radius 3 is 2.41 bits per heavy atom. The minimum atomic E-state index is -1.30. The van der Waals surface area contributed by atoms with Gasteiger partial charge in [0.2, 0.25) is 17.7 Å². The summed E-state index contributed by atoms with van der Waals surface area (Å²) in [7, 11) is 0. The van der Waals surface area contributed by atoms with E-state index in [1.807, 2.05) is 6.26 Å². The second-order valence-electron chi connectivity index (χ2n) is 6.81. The maximum Gasteiger partial charge on any atom is 0.326 e. The Bertz CT molecular complexity index is 645. The highest BCUT2D eigenvalue weighted by molar-refractivity contribution is 7.98. The largest absolute Gasteiger partial charge is 0.481 e. The summed E-state index contributed by atoms with van der Waals surface area (Å²) in [6, 6.07) is -4.18. The summed E-state index contributed by atoms with van der Waals surface area (Å²) in [5.41, 5.74) is 5.48. The molecule has 0 aliphatic carbocycles. The fourth-order valence-corrected chi connectivity index (χ4v) is 3.45. The van der Waals surface area contributed by atoms with Crippen molar-refractivity contribution in [2.45, 2.75) is 56.8 Å². The average Bonchev–Trinajstić information content (AvgIpc) is 3.13. The zero-order valence-corrected chi connectivity index (χ0v) is 17.2.